The predicted octanol–water partition coefficient (Wildman–Crippen LogP) is 2.65. The van der Waals surface area contributed by atoms with Crippen LogP contribution in [0, 0.1) is 0 Å². The van der Waals surface area contributed by atoms with Crippen molar-refractivity contribution in [3.8, 4) is 11.5 Å². The van der Waals surface area contributed by atoms with Gasteiger partial charge < -0.3 is 19.7 Å². The van der Waals surface area contributed by atoms with Crippen LogP contribution in [0.25, 0.3) is 0 Å². The second-order valence-electron chi connectivity index (χ2n) is 7.05. The molecule has 1 aromatic rings. The Kier molecular flexibility index (Phi) is 7.21. The molecule has 0 saturated carbocycles. The molecule has 1 aromatic carbocycles. The minimum Gasteiger partial charge on any atom is -0.490 e. The monoisotopic (exact) mass is 395 g/mol. The summed E-state index contributed by atoms with van der Waals surface area (Å²) in [6.07, 6.45) is 1.90. The van der Waals surface area contributed by atoms with Gasteiger partial charge in [0.25, 0.3) is 5.91 Å². The molecule has 2 saturated heterocycles. The van der Waals surface area contributed by atoms with Crippen LogP contribution in [0.15, 0.2) is 12.1 Å². The molecule has 1 N–H and O–H groups in total. The number of rotatable bonds is 7. The molecule has 150 valence electrons. The molecule has 2 aliphatic heterocycles. The second kappa shape index (κ2) is 9.62. The lowest BCUT2D eigenvalue weighted by Crippen LogP contribution is -2.49. The van der Waals surface area contributed by atoms with Gasteiger partial charge in [-0.05, 0) is 31.9 Å². The van der Waals surface area contributed by atoms with E-state index < -0.39 is 0 Å². The summed E-state index contributed by atoms with van der Waals surface area (Å²) >= 11 is 6.42. The summed E-state index contributed by atoms with van der Waals surface area (Å²) in [5.41, 5.74) is 0.563. The van der Waals surface area contributed by atoms with E-state index in [1.165, 1.54) is 0 Å². The molecule has 2 fully saturated rings. The van der Waals surface area contributed by atoms with E-state index in [4.69, 9.17) is 21.1 Å². The molecular weight excluding hydrogens is 366 g/mol. The van der Waals surface area contributed by atoms with Crippen LogP contribution in [0.3, 0.4) is 0 Å². The Labute approximate surface area is 166 Å². The van der Waals surface area contributed by atoms with Crippen LogP contribution in [-0.4, -0.2) is 74.2 Å². The Balaban J connectivity index is 1.72. The molecule has 0 aromatic heterocycles. The minimum absolute atomic E-state index is 0.0116. The van der Waals surface area contributed by atoms with Gasteiger partial charge in [-0.25, -0.2) is 0 Å². The standard InChI is InChI=1S/C20H30ClN3O3/c1-3-11-27-19-17(21)12-15(13-18(19)26-4-2)20(25)24-8-5-16(14-24)23-9-6-22-7-10-23/h12-13,16,22H,3-11,14H2,1-2H3. The predicted molar refractivity (Wildman–Crippen MR) is 107 cm³/mol. The summed E-state index contributed by atoms with van der Waals surface area (Å²) in [6, 6.07) is 3.92. The molecule has 0 radical (unpaired) electrons. The molecule has 1 amide bonds. The van der Waals surface area contributed by atoms with Crippen LogP contribution in [0.2, 0.25) is 5.02 Å². The number of nitrogens with one attached hydrogen (secondary N) is 1. The fourth-order valence-corrected chi connectivity index (χ4v) is 4.02. The second-order valence-corrected chi connectivity index (χ2v) is 7.45. The lowest BCUT2D eigenvalue weighted by Gasteiger charge is -2.32. The number of hydrogen-bond acceptors (Lipinski definition) is 5. The van der Waals surface area contributed by atoms with Crippen LogP contribution in [-0.2, 0) is 0 Å². The molecule has 3 rings (SSSR count). The number of halogens is 1. The van der Waals surface area contributed by atoms with Gasteiger partial charge in [-0.2, -0.15) is 0 Å². The highest BCUT2D eigenvalue weighted by Gasteiger charge is 2.32. The summed E-state index contributed by atoms with van der Waals surface area (Å²) in [5, 5.41) is 3.81. The Morgan fingerprint density at radius 2 is 2.00 bits per heavy atom. The first kappa shape index (κ1) is 20.2. The summed E-state index contributed by atoms with van der Waals surface area (Å²) in [5.74, 6) is 1.08. The first-order valence-electron chi connectivity index (χ1n) is 9.97. The summed E-state index contributed by atoms with van der Waals surface area (Å²) < 4.78 is 11.4. The SMILES string of the molecule is CCCOc1c(Cl)cc(C(=O)N2CCC(N3CCNCC3)C2)cc1OCC. The fourth-order valence-electron chi connectivity index (χ4n) is 3.75. The van der Waals surface area contributed by atoms with Crippen LogP contribution in [0.5, 0.6) is 11.5 Å². The zero-order valence-electron chi connectivity index (χ0n) is 16.3. The lowest BCUT2D eigenvalue weighted by molar-refractivity contribution is 0.0773. The van der Waals surface area contributed by atoms with Gasteiger partial charge in [-0.3, -0.25) is 9.69 Å². The van der Waals surface area contributed by atoms with E-state index in [1.807, 2.05) is 18.7 Å². The number of carbonyl (C=O) groups excluding carboxylic acids is 1. The average Bonchev–Trinajstić information content (AvgIpc) is 3.18. The number of likely N-dealkylation sites (tertiary alicyclic amines) is 1. The Bertz CT molecular complexity index is 650. The van der Waals surface area contributed by atoms with Crippen molar-refractivity contribution in [2.75, 3.05) is 52.5 Å². The zero-order valence-corrected chi connectivity index (χ0v) is 17.1. The molecule has 27 heavy (non-hydrogen) atoms. The topological polar surface area (TPSA) is 54.0 Å². The summed E-state index contributed by atoms with van der Waals surface area (Å²) in [6.45, 7) is 10.7. The number of nitrogens with zero attached hydrogens (tertiary/aromatic N) is 2. The normalized spacial score (nSPS) is 20.7. The number of amides is 1. The largest absolute Gasteiger partial charge is 0.490 e. The smallest absolute Gasteiger partial charge is 0.254 e. The average molecular weight is 396 g/mol. The first-order valence-corrected chi connectivity index (χ1v) is 10.3. The van der Waals surface area contributed by atoms with Crippen LogP contribution >= 0.6 is 11.6 Å². The summed E-state index contributed by atoms with van der Waals surface area (Å²) in [7, 11) is 0. The van der Waals surface area contributed by atoms with Crippen molar-refractivity contribution < 1.29 is 14.3 Å². The highest BCUT2D eigenvalue weighted by Crippen LogP contribution is 2.37. The van der Waals surface area contributed by atoms with Gasteiger partial charge >= 0.3 is 0 Å². The molecule has 0 spiro atoms. The van der Waals surface area contributed by atoms with Gasteiger partial charge in [0.05, 0.1) is 18.2 Å². The van der Waals surface area contributed by atoms with Crippen molar-refractivity contribution in [3.63, 3.8) is 0 Å². The van der Waals surface area contributed by atoms with Gasteiger partial charge in [-0.1, -0.05) is 18.5 Å². The molecular formula is C20H30ClN3O3. The third-order valence-electron chi connectivity index (χ3n) is 5.13. The van der Waals surface area contributed by atoms with Crippen molar-refractivity contribution in [1.29, 1.82) is 0 Å². The van der Waals surface area contributed by atoms with Gasteiger partial charge in [0.1, 0.15) is 0 Å². The van der Waals surface area contributed by atoms with E-state index in [2.05, 4.69) is 10.2 Å². The molecule has 6 nitrogen and oxygen atoms in total. The maximum atomic E-state index is 13.0. The van der Waals surface area contributed by atoms with E-state index in [0.29, 0.717) is 41.3 Å². The molecule has 0 aliphatic carbocycles. The first-order chi connectivity index (χ1) is 13.1. The van der Waals surface area contributed by atoms with E-state index >= 15 is 0 Å². The highest BCUT2D eigenvalue weighted by molar-refractivity contribution is 6.32. The third kappa shape index (κ3) is 4.86. The van der Waals surface area contributed by atoms with E-state index in [9.17, 15) is 4.79 Å². The minimum atomic E-state index is 0.0116. The number of benzene rings is 1. The maximum Gasteiger partial charge on any atom is 0.254 e. The van der Waals surface area contributed by atoms with Crippen LogP contribution < -0.4 is 14.8 Å². The molecule has 1 unspecified atom stereocenters. The number of carbonyl (C=O) groups is 1. The maximum absolute atomic E-state index is 13.0. The van der Waals surface area contributed by atoms with Gasteiger partial charge in [-0.15, -0.1) is 0 Å². The van der Waals surface area contributed by atoms with Crippen molar-refractivity contribution in [1.82, 2.24) is 15.1 Å². The van der Waals surface area contributed by atoms with Gasteiger partial charge in [0.2, 0.25) is 0 Å². The number of hydrogen-bond donors (Lipinski definition) is 1. The molecule has 2 heterocycles. The Hall–Kier alpha value is -1.50. The van der Waals surface area contributed by atoms with Crippen molar-refractivity contribution in [2.24, 2.45) is 0 Å². The fraction of sp³-hybridized carbons (Fsp3) is 0.650. The zero-order chi connectivity index (χ0) is 19.2. The molecule has 0 bridgehead atoms. The van der Waals surface area contributed by atoms with Crippen molar-refractivity contribution in [3.05, 3.63) is 22.7 Å². The van der Waals surface area contributed by atoms with Gasteiger partial charge in [0.15, 0.2) is 11.5 Å². The van der Waals surface area contributed by atoms with E-state index in [0.717, 1.165) is 52.1 Å². The quantitative estimate of drug-likeness (QED) is 0.769. The van der Waals surface area contributed by atoms with Crippen LogP contribution in [0.4, 0.5) is 0 Å². The lowest BCUT2D eigenvalue weighted by atomic mass is 10.1. The highest BCUT2D eigenvalue weighted by atomic mass is 35.5. The number of ether oxygens (including phenoxy) is 2. The van der Waals surface area contributed by atoms with Crippen LogP contribution in [0.1, 0.15) is 37.0 Å². The Morgan fingerprint density at radius 3 is 2.70 bits per heavy atom. The third-order valence-corrected chi connectivity index (χ3v) is 5.41. The molecule has 1 atom stereocenters. The van der Waals surface area contributed by atoms with E-state index in [1.54, 1.807) is 12.1 Å². The molecule has 7 heteroatoms. The van der Waals surface area contributed by atoms with Gasteiger partial charge in [0, 0.05) is 50.9 Å². The van der Waals surface area contributed by atoms with Crippen molar-refractivity contribution >= 4 is 17.5 Å². The van der Waals surface area contributed by atoms with E-state index in [-0.39, 0.29) is 5.91 Å². The van der Waals surface area contributed by atoms with Crippen molar-refractivity contribution in [2.45, 2.75) is 32.7 Å². The number of piperazine rings is 1. The Morgan fingerprint density at radius 1 is 1.22 bits per heavy atom. The molecule has 2 aliphatic rings. The summed E-state index contributed by atoms with van der Waals surface area (Å²) in [4.78, 5) is 17.5.